The summed E-state index contributed by atoms with van der Waals surface area (Å²) in [6.45, 7) is 4.44. The molecule has 0 aromatic heterocycles. The van der Waals surface area contributed by atoms with Crippen molar-refractivity contribution in [3.05, 3.63) is 0 Å². The summed E-state index contributed by atoms with van der Waals surface area (Å²) in [5, 5.41) is 8.70. The van der Waals surface area contributed by atoms with Crippen LogP contribution in [0.4, 0.5) is 0 Å². The molecule has 2 unspecified atom stereocenters. The summed E-state index contributed by atoms with van der Waals surface area (Å²) in [4.78, 5) is 0. The monoisotopic (exact) mass is 133 g/mol. The summed E-state index contributed by atoms with van der Waals surface area (Å²) in [5.41, 5.74) is 5.37. The average Bonchev–Trinajstić information content (AvgIpc) is 1.63. The van der Waals surface area contributed by atoms with E-state index in [1.165, 1.54) is 0 Å². The minimum atomic E-state index is -0.385. The molecule has 2 atom stereocenters. The molecule has 0 heterocycles. The quantitative estimate of drug-likeness (QED) is 0.555. The highest BCUT2D eigenvalue weighted by atomic mass is 16.5. The molecule has 3 nitrogen and oxygen atoms in total. The zero-order valence-electron chi connectivity index (χ0n) is 6.00. The molecule has 9 heavy (non-hydrogen) atoms. The van der Waals surface area contributed by atoms with Crippen LogP contribution in [0, 0.1) is 0 Å². The van der Waals surface area contributed by atoms with E-state index in [1.54, 1.807) is 6.92 Å². The number of nitrogens with two attached hydrogens (primary N) is 1. The molecule has 3 N–H and O–H groups in total. The van der Waals surface area contributed by atoms with Crippen molar-refractivity contribution >= 4 is 0 Å². The van der Waals surface area contributed by atoms with E-state index in [1.807, 2.05) is 6.92 Å². The molecule has 0 fully saturated rings. The normalized spacial score (nSPS) is 17.3. The third-order valence-corrected chi connectivity index (χ3v) is 0.740. The number of hydrogen-bond acceptors (Lipinski definition) is 3. The van der Waals surface area contributed by atoms with Crippen LogP contribution in [0.15, 0.2) is 0 Å². The Morgan fingerprint density at radius 1 is 1.44 bits per heavy atom. The van der Waals surface area contributed by atoms with E-state index in [0.717, 1.165) is 0 Å². The zero-order valence-corrected chi connectivity index (χ0v) is 6.00. The lowest BCUT2D eigenvalue weighted by atomic mass is 10.4. The first kappa shape index (κ1) is 8.88. The second-order valence-electron chi connectivity index (χ2n) is 2.36. The van der Waals surface area contributed by atoms with Crippen LogP contribution in [-0.4, -0.2) is 30.5 Å². The van der Waals surface area contributed by atoms with E-state index in [4.69, 9.17) is 15.6 Å². The van der Waals surface area contributed by atoms with Gasteiger partial charge < -0.3 is 15.6 Å². The van der Waals surface area contributed by atoms with Gasteiger partial charge in [0.15, 0.2) is 0 Å². The minimum Gasteiger partial charge on any atom is -0.391 e. The molecule has 0 bridgehead atoms. The topological polar surface area (TPSA) is 55.5 Å². The molecule has 0 radical (unpaired) electrons. The van der Waals surface area contributed by atoms with Gasteiger partial charge in [-0.05, 0) is 13.8 Å². The summed E-state index contributed by atoms with van der Waals surface area (Å²) in [7, 11) is 0. The summed E-state index contributed by atoms with van der Waals surface area (Å²) < 4.78 is 4.98. The second kappa shape index (κ2) is 4.73. The van der Waals surface area contributed by atoms with Crippen molar-refractivity contribution in [3.8, 4) is 0 Å². The van der Waals surface area contributed by atoms with Crippen molar-refractivity contribution in [1.29, 1.82) is 0 Å². The van der Waals surface area contributed by atoms with Crippen LogP contribution in [0.1, 0.15) is 13.8 Å². The Balaban J connectivity index is 2.91. The summed E-state index contributed by atoms with van der Waals surface area (Å²) in [5.74, 6) is 0. The molecule has 0 amide bonds. The first-order valence-electron chi connectivity index (χ1n) is 3.14. The Bertz CT molecular complexity index is 56.1. The highest BCUT2D eigenvalue weighted by molar-refractivity contribution is 4.49. The van der Waals surface area contributed by atoms with Gasteiger partial charge in [-0.25, -0.2) is 0 Å². The Hall–Kier alpha value is -0.120. The maximum absolute atomic E-state index is 8.70. The van der Waals surface area contributed by atoms with E-state index in [0.29, 0.717) is 13.2 Å². The lowest BCUT2D eigenvalue weighted by Gasteiger charge is -2.07. The fourth-order valence-corrected chi connectivity index (χ4v) is 0.424. The number of hydrogen-bond donors (Lipinski definition) is 2. The summed E-state index contributed by atoms with van der Waals surface area (Å²) in [6, 6.07) is 0.0590. The molecule has 0 saturated carbocycles. The first-order chi connectivity index (χ1) is 4.13. The average molecular weight is 133 g/mol. The van der Waals surface area contributed by atoms with E-state index < -0.39 is 0 Å². The predicted octanol–water partition coefficient (Wildman–Crippen LogP) is -0.269. The molecule has 0 spiro atoms. The Morgan fingerprint density at radius 2 is 2.00 bits per heavy atom. The summed E-state index contributed by atoms with van der Waals surface area (Å²) >= 11 is 0. The second-order valence-corrected chi connectivity index (χ2v) is 2.36. The van der Waals surface area contributed by atoms with Gasteiger partial charge in [0.05, 0.1) is 19.3 Å². The van der Waals surface area contributed by atoms with Crippen molar-refractivity contribution in [1.82, 2.24) is 0 Å². The number of ether oxygens (including phenoxy) is 1. The van der Waals surface area contributed by atoms with E-state index in [9.17, 15) is 0 Å². The molecule has 0 aromatic carbocycles. The third kappa shape index (κ3) is 7.88. The van der Waals surface area contributed by atoms with Crippen molar-refractivity contribution in [2.24, 2.45) is 5.73 Å². The van der Waals surface area contributed by atoms with Gasteiger partial charge in [-0.3, -0.25) is 0 Å². The maximum Gasteiger partial charge on any atom is 0.0745 e. The van der Waals surface area contributed by atoms with E-state index in [2.05, 4.69) is 0 Å². The molecule has 0 aliphatic heterocycles. The lowest BCUT2D eigenvalue weighted by Crippen LogP contribution is -2.24. The van der Waals surface area contributed by atoms with Gasteiger partial charge >= 0.3 is 0 Å². The SMILES string of the molecule is CC(N)COCC(C)O. The molecule has 3 heteroatoms. The number of aliphatic hydroxyl groups is 1. The van der Waals surface area contributed by atoms with Crippen molar-refractivity contribution < 1.29 is 9.84 Å². The third-order valence-electron chi connectivity index (χ3n) is 0.740. The standard InChI is InChI=1S/C6H15NO2/c1-5(7)3-9-4-6(2)8/h5-6,8H,3-4,7H2,1-2H3. The Morgan fingerprint density at radius 3 is 2.33 bits per heavy atom. The van der Waals surface area contributed by atoms with Gasteiger partial charge in [0.1, 0.15) is 0 Å². The summed E-state index contributed by atoms with van der Waals surface area (Å²) in [6.07, 6.45) is -0.385. The van der Waals surface area contributed by atoms with Crippen LogP contribution in [0.3, 0.4) is 0 Å². The molecule has 56 valence electrons. The molecule has 0 rings (SSSR count). The van der Waals surface area contributed by atoms with Gasteiger partial charge in [-0.1, -0.05) is 0 Å². The zero-order chi connectivity index (χ0) is 7.28. The van der Waals surface area contributed by atoms with E-state index in [-0.39, 0.29) is 12.1 Å². The molecular weight excluding hydrogens is 118 g/mol. The highest BCUT2D eigenvalue weighted by Gasteiger charge is 1.96. The van der Waals surface area contributed by atoms with Crippen molar-refractivity contribution in [2.75, 3.05) is 13.2 Å². The first-order valence-corrected chi connectivity index (χ1v) is 3.14. The molecule has 0 aliphatic carbocycles. The van der Waals surface area contributed by atoms with Gasteiger partial charge in [0, 0.05) is 6.04 Å². The fraction of sp³-hybridized carbons (Fsp3) is 1.00. The minimum absolute atomic E-state index is 0.0590. The Kier molecular flexibility index (Phi) is 4.67. The molecular formula is C6H15NO2. The van der Waals surface area contributed by atoms with Crippen LogP contribution in [0.5, 0.6) is 0 Å². The van der Waals surface area contributed by atoms with Crippen LogP contribution >= 0.6 is 0 Å². The highest BCUT2D eigenvalue weighted by Crippen LogP contribution is 1.83. The molecule has 0 aliphatic rings. The van der Waals surface area contributed by atoms with Crippen LogP contribution < -0.4 is 5.73 Å². The van der Waals surface area contributed by atoms with Gasteiger partial charge in [-0.2, -0.15) is 0 Å². The van der Waals surface area contributed by atoms with Crippen LogP contribution in [0.2, 0.25) is 0 Å². The van der Waals surface area contributed by atoms with Crippen LogP contribution in [-0.2, 0) is 4.74 Å². The van der Waals surface area contributed by atoms with Crippen molar-refractivity contribution in [2.45, 2.75) is 26.0 Å². The number of rotatable bonds is 4. The molecule has 0 aromatic rings. The fourth-order valence-electron chi connectivity index (χ4n) is 0.424. The predicted molar refractivity (Wildman–Crippen MR) is 36.1 cm³/mol. The molecule has 0 saturated heterocycles. The van der Waals surface area contributed by atoms with Crippen molar-refractivity contribution in [3.63, 3.8) is 0 Å². The van der Waals surface area contributed by atoms with Gasteiger partial charge in [0.2, 0.25) is 0 Å². The van der Waals surface area contributed by atoms with Crippen LogP contribution in [0.25, 0.3) is 0 Å². The lowest BCUT2D eigenvalue weighted by molar-refractivity contribution is 0.0419. The van der Waals surface area contributed by atoms with E-state index >= 15 is 0 Å². The van der Waals surface area contributed by atoms with Gasteiger partial charge in [0.25, 0.3) is 0 Å². The number of aliphatic hydroxyl groups excluding tert-OH is 1. The maximum atomic E-state index is 8.70. The Labute approximate surface area is 55.8 Å². The smallest absolute Gasteiger partial charge is 0.0745 e. The van der Waals surface area contributed by atoms with Gasteiger partial charge in [-0.15, -0.1) is 0 Å². The largest absolute Gasteiger partial charge is 0.391 e.